The van der Waals surface area contributed by atoms with Gasteiger partial charge in [-0.05, 0) is 23.4 Å². The molecule has 2 saturated carbocycles. The van der Waals surface area contributed by atoms with Gasteiger partial charge < -0.3 is 9.64 Å². The quantitative estimate of drug-likeness (QED) is 0.340. The average molecular weight is 354 g/mol. The molecule has 3 fully saturated rings. The van der Waals surface area contributed by atoms with Crippen LogP contribution in [0, 0.1) is 17.8 Å². The third-order valence-electron chi connectivity index (χ3n) is 6.46. The molecule has 1 heterocycles. The van der Waals surface area contributed by atoms with E-state index in [4.69, 9.17) is 10.3 Å². The van der Waals surface area contributed by atoms with E-state index in [1.165, 1.54) is 0 Å². The van der Waals surface area contributed by atoms with Crippen LogP contribution in [0.2, 0.25) is 0 Å². The summed E-state index contributed by atoms with van der Waals surface area (Å²) in [6.07, 6.45) is 0.548. The molecule has 0 radical (unpaired) electrons. The summed E-state index contributed by atoms with van der Waals surface area (Å²) in [5.74, 6) is -0.252. The molecule has 6 atom stereocenters. The summed E-state index contributed by atoms with van der Waals surface area (Å²) in [7, 11) is 1.54. The lowest BCUT2D eigenvalue weighted by atomic mass is 9.70. The van der Waals surface area contributed by atoms with E-state index < -0.39 is 11.6 Å². The number of amides is 1. The number of ether oxygens (including phenoxy) is 1. The number of benzene rings is 1. The number of Topliss-reactive ketones (excluding diaryl/α,β-unsaturated/α-hetero) is 1. The van der Waals surface area contributed by atoms with Crippen LogP contribution >= 0.6 is 0 Å². The number of likely N-dealkylation sites (tertiary alicyclic amines) is 1. The van der Waals surface area contributed by atoms with Crippen molar-refractivity contribution in [3.8, 4) is 0 Å². The Morgan fingerprint density at radius 1 is 1.31 bits per heavy atom. The first-order valence-corrected chi connectivity index (χ1v) is 9.05. The summed E-state index contributed by atoms with van der Waals surface area (Å²) in [4.78, 5) is 30.9. The Bertz CT molecular complexity index is 791. The highest BCUT2D eigenvalue weighted by Gasteiger charge is 2.83. The number of methoxy groups -OCH3 is 1. The zero-order valence-electron chi connectivity index (χ0n) is 14.9. The van der Waals surface area contributed by atoms with E-state index >= 15 is 0 Å². The Morgan fingerprint density at radius 2 is 2.04 bits per heavy atom. The Hall–Kier alpha value is -2.37. The molecule has 3 aliphatic rings. The number of carbonyl (C=O) groups excluding carboxylic acids is 2. The van der Waals surface area contributed by atoms with E-state index in [2.05, 4.69) is 16.9 Å². The lowest BCUT2D eigenvalue weighted by molar-refractivity contribution is -0.159. The van der Waals surface area contributed by atoms with Crippen molar-refractivity contribution in [2.45, 2.75) is 30.9 Å². The van der Waals surface area contributed by atoms with Crippen molar-refractivity contribution >= 4 is 11.7 Å². The van der Waals surface area contributed by atoms with Gasteiger partial charge in [-0.2, -0.15) is 0 Å². The molecule has 0 spiro atoms. The lowest BCUT2D eigenvalue weighted by Gasteiger charge is -2.45. The van der Waals surface area contributed by atoms with Crippen molar-refractivity contribution in [2.75, 3.05) is 20.2 Å². The Kier molecular flexibility index (Phi) is 4.01. The molecule has 2 bridgehead atoms. The predicted octanol–water partition coefficient (Wildman–Crippen LogP) is 2.53. The number of hydrogen-bond acceptors (Lipinski definition) is 4. The van der Waals surface area contributed by atoms with Crippen molar-refractivity contribution in [2.24, 2.45) is 22.9 Å². The largest absolute Gasteiger partial charge is 0.369 e. The van der Waals surface area contributed by atoms with Gasteiger partial charge in [-0.1, -0.05) is 42.4 Å². The Labute approximate surface area is 151 Å². The fourth-order valence-electron chi connectivity index (χ4n) is 5.43. The molecule has 136 valence electrons. The highest BCUT2D eigenvalue weighted by Crippen LogP contribution is 2.68. The molecule has 1 saturated heterocycles. The molecule has 26 heavy (non-hydrogen) atoms. The minimum atomic E-state index is -0.923. The van der Waals surface area contributed by atoms with E-state index in [1.807, 2.05) is 30.3 Å². The van der Waals surface area contributed by atoms with Crippen molar-refractivity contribution in [3.05, 3.63) is 46.3 Å². The van der Waals surface area contributed by atoms with E-state index in [-0.39, 0.29) is 35.4 Å². The SMILES string of the molecule is CO[C@]12C(=O)[C@H]3[C@@H](c4ccccc4)[C@H](C)[C@H]1[C@@H]2C(=O)N3CCCN=[N+]=[N-]. The van der Waals surface area contributed by atoms with Gasteiger partial charge in [-0.25, -0.2) is 0 Å². The normalized spacial score (nSPS) is 37.3. The number of piperidine rings is 1. The van der Waals surface area contributed by atoms with Gasteiger partial charge in [0.25, 0.3) is 0 Å². The fraction of sp³-hybridized carbons (Fsp3) is 0.579. The molecular formula is C19H22N4O3. The molecule has 1 aliphatic heterocycles. The number of fused-ring (bicyclic) bond motifs is 2. The molecule has 0 aromatic heterocycles. The third-order valence-corrected chi connectivity index (χ3v) is 6.46. The summed E-state index contributed by atoms with van der Waals surface area (Å²) in [5.41, 5.74) is 8.61. The topological polar surface area (TPSA) is 95.4 Å². The van der Waals surface area contributed by atoms with Crippen LogP contribution in [0.3, 0.4) is 0 Å². The maximum atomic E-state index is 13.4. The maximum absolute atomic E-state index is 13.4. The molecule has 1 aromatic carbocycles. The Morgan fingerprint density at radius 3 is 2.69 bits per heavy atom. The highest BCUT2D eigenvalue weighted by molar-refractivity contribution is 6.10. The molecule has 7 heteroatoms. The van der Waals surface area contributed by atoms with Crippen LogP contribution < -0.4 is 0 Å². The van der Waals surface area contributed by atoms with Crippen LogP contribution in [0.25, 0.3) is 10.4 Å². The van der Waals surface area contributed by atoms with E-state index in [1.54, 1.807) is 12.0 Å². The zero-order chi connectivity index (χ0) is 18.5. The number of azide groups is 1. The fourth-order valence-corrected chi connectivity index (χ4v) is 5.43. The van der Waals surface area contributed by atoms with Crippen molar-refractivity contribution in [3.63, 3.8) is 0 Å². The van der Waals surface area contributed by atoms with Crippen LogP contribution in [-0.4, -0.2) is 48.4 Å². The first-order chi connectivity index (χ1) is 12.6. The van der Waals surface area contributed by atoms with Crippen LogP contribution in [-0.2, 0) is 14.3 Å². The van der Waals surface area contributed by atoms with Crippen molar-refractivity contribution in [1.29, 1.82) is 0 Å². The van der Waals surface area contributed by atoms with Gasteiger partial charge in [-0.3, -0.25) is 9.59 Å². The van der Waals surface area contributed by atoms with Crippen molar-refractivity contribution in [1.82, 2.24) is 4.90 Å². The summed E-state index contributed by atoms with van der Waals surface area (Å²) in [5, 5.41) is 3.55. The van der Waals surface area contributed by atoms with Crippen LogP contribution in [0.4, 0.5) is 0 Å². The molecule has 7 nitrogen and oxygen atoms in total. The second-order valence-electron chi connectivity index (χ2n) is 7.45. The summed E-state index contributed by atoms with van der Waals surface area (Å²) >= 11 is 0. The number of hydrogen-bond donors (Lipinski definition) is 0. The minimum absolute atomic E-state index is 0.00710. The van der Waals surface area contributed by atoms with Gasteiger partial charge in [0.15, 0.2) is 5.78 Å². The van der Waals surface area contributed by atoms with Crippen LogP contribution in [0.5, 0.6) is 0 Å². The van der Waals surface area contributed by atoms with E-state index in [9.17, 15) is 9.59 Å². The third kappa shape index (κ3) is 2.07. The first-order valence-electron chi connectivity index (χ1n) is 9.05. The second-order valence-corrected chi connectivity index (χ2v) is 7.45. The first kappa shape index (κ1) is 17.1. The average Bonchev–Trinajstić information content (AvgIpc) is 3.38. The van der Waals surface area contributed by atoms with Gasteiger partial charge >= 0.3 is 0 Å². The summed E-state index contributed by atoms with van der Waals surface area (Å²) < 4.78 is 5.65. The molecule has 0 unspecified atom stereocenters. The lowest BCUT2D eigenvalue weighted by Crippen LogP contribution is -2.61. The zero-order valence-corrected chi connectivity index (χ0v) is 14.9. The molecule has 0 N–H and O–H groups in total. The number of rotatable bonds is 6. The van der Waals surface area contributed by atoms with Gasteiger partial charge in [0.05, 0.1) is 5.92 Å². The number of carbonyl (C=O) groups is 2. The van der Waals surface area contributed by atoms with Crippen molar-refractivity contribution < 1.29 is 14.3 Å². The minimum Gasteiger partial charge on any atom is -0.369 e. The van der Waals surface area contributed by atoms with Gasteiger partial charge in [0.2, 0.25) is 5.91 Å². The van der Waals surface area contributed by atoms with Crippen LogP contribution in [0.1, 0.15) is 24.8 Å². The van der Waals surface area contributed by atoms with Crippen LogP contribution in [0.15, 0.2) is 35.4 Å². The smallest absolute Gasteiger partial charge is 0.230 e. The monoisotopic (exact) mass is 354 g/mol. The summed E-state index contributed by atoms with van der Waals surface area (Å²) in [6, 6.07) is 9.45. The maximum Gasteiger partial charge on any atom is 0.230 e. The Balaban J connectivity index is 1.73. The van der Waals surface area contributed by atoms with E-state index in [0.29, 0.717) is 19.5 Å². The van der Waals surface area contributed by atoms with E-state index in [0.717, 1.165) is 5.56 Å². The predicted molar refractivity (Wildman–Crippen MR) is 94.2 cm³/mol. The molecule has 2 aliphatic carbocycles. The second kappa shape index (κ2) is 6.11. The molecule has 1 amide bonds. The molecular weight excluding hydrogens is 332 g/mol. The number of ketones is 1. The summed E-state index contributed by atoms with van der Waals surface area (Å²) in [6.45, 7) is 2.87. The standard InChI is InChI=1S/C19H22N4O3/c1-11-13(12-7-4-3-5-8-12)16-17(24)19(26-2)14(11)15(19)18(25)23(16)10-6-9-21-22-20/h3-5,7-8,11,13-16H,6,9-10H2,1-2H3/t11-,13+,14-,15+,16+,19+/m0/s1. The van der Waals surface area contributed by atoms with Gasteiger partial charge in [0, 0.05) is 36.9 Å². The highest BCUT2D eigenvalue weighted by atomic mass is 16.5. The van der Waals surface area contributed by atoms with Gasteiger partial charge in [-0.15, -0.1) is 0 Å². The van der Waals surface area contributed by atoms with Gasteiger partial charge in [0.1, 0.15) is 11.6 Å². The molecule has 1 aromatic rings. The molecule has 4 rings (SSSR count). The number of nitrogens with zero attached hydrogens (tertiary/aromatic N) is 4.